The van der Waals surface area contributed by atoms with Gasteiger partial charge in [0.2, 0.25) is 0 Å². The zero-order valence-electron chi connectivity index (χ0n) is 12.4. The standard InChI is InChI=1S/C17H10Cl4N2O2/c18-8-1-4-15(13(20)5-8)22-17(25)23-16-11-6-9(24)2-3-10(11)12(19)7-14(16)21/h1-7,24H,(H2,22,23,25). The number of carbonyl (C=O) groups excluding carboxylic acids is 1. The van der Waals surface area contributed by atoms with Crippen molar-refractivity contribution in [1.82, 2.24) is 0 Å². The normalized spacial score (nSPS) is 10.7. The van der Waals surface area contributed by atoms with Crippen LogP contribution in [0.15, 0.2) is 42.5 Å². The smallest absolute Gasteiger partial charge is 0.323 e. The molecule has 25 heavy (non-hydrogen) atoms. The fraction of sp³-hybridized carbons (Fsp3) is 0. The van der Waals surface area contributed by atoms with Crippen LogP contribution in [-0.2, 0) is 0 Å². The fourth-order valence-corrected chi connectivity index (χ4v) is 3.37. The maximum absolute atomic E-state index is 12.3. The van der Waals surface area contributed by atoms with Crippen molar-refractivity contribution in [2.24, 2.45) is 0 Å². The summed E-state index contributed by atoms with van der Waals surface area (Å²) in [5.41, 5.74) is 0.709. The van der Waals surface area contributed by atoms with E-state index in [1.54, 1.807) is 18.2 Å². The van der Waals surface area contributed by atoms with Crippen molar-refractivity contribution in [3.05, 3.63) is 62.6 Å². The van der Waals surface area contributed by atoms with Crippen molar-refractivity contribution in [2.45, 2.75) is 0 Å². The predicted molar refractivity (Wildman–Crippen MR) is 105 cm³/mol. The van der Waals surface area contributed by atoms with E-state index in [0.717, 1.165) is 0 Å². The lowest BCUT2D eigenvalue weighted by Crippen LogP contribution is -2.20. The van der Waals surface area contributed by atoms with Gasteiger partial charge in [0.15, 0.2) is 0 Å². The third kappa shape index (κ3) is 3.88. The first-order valence-corrected chi connectivity index (χ1v) is 8.50. The van der Waals surface area contributed by atoms with Gasteiger partial charge in [-0.05, 0) is 42.5 Å². The average molecular weight is 416 g/mol. The van der Waals surface area contributed by atoms with Gasteiger partial charge in [0, 0.05) is 15.8 Å². The van der Waals surface area contributed by atoms with Crippen molar-refractivity contribution in [2.75, 3.05) is 10.6 Å². The average Bonchev–Trinajstić information content (AvgIpc) is 2.54. The Morgan fingerprint density at radius 1 is 0.800 bits per heavy atom. The minimum atomic E-state index is -0.557. The molecular weight excluding hydrogens is 406 g/mol. The molecule has 0 spiro atoms. The van der Waals surface area contributed by atoms with Gasteiger partial charge < -0.3 is 15.7 Å². The van der Waals surface area contributed by atoms with Crippen LogP contribution in [0.1, 0.15) is 0 Å². The van der Waals surface area contributed by atoms with E-state index in [4.69, 9.17) is 46.4 Å². The Labute approximate surface area is 163 Å². The van der Waals surface area contributed by atoms with Crippen LogP contribution >= 0.6 is 46.4 Å². The minimum absolute atomic E-state index is 0.0232. The van der Waals surface area contributed by atoms with Crippen LogP contribution in [0.4, 0.5) is 16.2 Å². The van der Waals surface area contributed by atoms with Crippen LogP contribution in [0, 0.1) is 0 Å². The fourth-order valence-electron chi connectivity index (χ4n) is 2.32. The van der Waals surface area contributed by atoms with Gasteiger partial charge in [-0.25, -0.2) is 4.79 Å². The van der Waals surface area contributed by atoms with Crippen LogP contribution in [0.2, 0.25) is 20.1 Å². The highest BCUT2D eigenvalue weighted by Gasteiger charge is 2.14. The molecule has 0 saturated carbocycles. The van der Waals surface area contributed by atoms with Crippen LogP contribution in [0.5, 0.6) is 5.75 Å². The summed E-state index contributed by atoms with van der Waals surface area (Å²) in [6, 6.07) is 10.3. The molecule has 0 fully saturated rings. The summed E-state index contributed by atoms with van der Waals surface area (Å²) in [7, 11) is 0. The molecule has 2 amide bonds. The summed E-state index contributed by atoms with van der Waals surface area (Å²) in [6.07, 6.45) is 0. The number of carbonyl (C=O) groups is 1. The topological polar surface area (TPSA) is 61.4 Å². The van der Waals surface area contributed by atoms with Crippen molar-refractivity contribution in [1.29, 1.82) is 0 Å². The summed E-state index contributed by atoms with van der Waals surface area (Å²) in [6.45, 7) is 0. The number of halogens is 4. The maximum atomic E-state index is 12.3. The summed E-state index contributed by atoms with van der Waals surface area (Å²) in [5, 5.41) is 17.5. The molecule has 0 saturated heterocycles. The van der Waals surface area contributed by atoms with E-state index in [1.165, 1.54) is 24.3 Å². The van der Waals surface area contributed by atoms with Crippen LogP contribution < -0.4 is 10.6 Å². The molecule has 0 unspecified atom stereocenters. The lowest BCUT2D eigenvalue weighted by molar-refractivity contribution is 0.262. The van der Waals surface area contributed by atoms with E-state index in [9.17, 15) is 9.90 Å². The zero-order valence-corrected chi connectivity index (χ0v) is 15.4. The molecule has 0 aliphatic rings. The Hall–Kier alpha value is -1.85. The first kappa shape index (κ1) is 18.0. The number of benzene rings is 3. The largest absolute Gasteiger partial charge is 0.508 e. The molecule has 0 heterocycles. The Morgan fingerprint density at radius 2 is 1.56 bits per heavy atom. The SMILES string of the molecule is O=C(Nc1ccc(Cl)cc1Cl)Nc1c(Cl)cc(Cl)c2ccc(O)cc12. The van der Waals surface area contributed by atoms with Gasteiger partial charge >= 0.3 is 6.03 Å². The number of fused-ring (bicyclic) bond motifs is 1. The van der Waals surface area contributed by atoms with Crippen LogP contribution in [-0.4, -0.2) is 11.1 Å². The highest BCUT2D eigenvalue weighted by Crippen LogP contribution is 2.38. The maximum Gasteiger partial charge on any atom is 0.323 e. The predicted octanol–water partition coefficient (Wildman–Crippen LogP) is 6.80. The monoisotopic (exact) mass is 414 g/mol. The number of urea groups is 1. The number of amides is 2. The summed E-state index contributed by atoms with van der Waals surface area (Å²) >= 11 is 24.2. The number of phenols is 1. The number of phenolic OH excluding ortho intramolecular Hbond substituents is 1. The van der Waals surface area contributed by atoms with Crippen molar-refractivity contribution in [3.8, 4) is 5.75 Å². The molecule has 0 aromatic heterocycles. The van der Waals surface area contributed by atoms with Crippen molar-refractivity contribution in [3.63, 3.8) is 0 Å². The Kier molecular flexibility index (Phi) is 5.16. The van der Waals surface area contributed by atoms with E-state index < -0.39 is 6.03 Å². The summed E-state index contributed by atoms with van der Waals surface area (Å²) in [5.74, 6) is 0.0232. The molecule has 0 aliphatic heterocycles. The molecular formula is C17H10Cl4N2O2. The lowest BCUT2D eigenvalue weighted by atomic mass is 10.1. The van der Waals surface area contributed by atoms with Crippen molar-refractivity contribution < 1.29 is 9.90 Å². The molecule has 8 heteroatoms. The van der Waals surface area contributed by atoms with E-state index >= 15 is 0 Å². The Morgan fingerprint density at radius 3 is 2.28 bits per heavy atom. The second-order valence-corrected chi connectivity index (χ2v) is 6.81. The number of hydrogen-bond acceptors (Lipinski definition) is 2. The second kappa shape index (κ2) is 7.18. The van der Waals surface area contributed by atoms with Gasteiger partial charge in [0.25, 0.3) is 0 Å². The molecule has 0 bridgehead atoms. The van der Waals surface area contributed by atoms with Crippen molar-refractivity contribution >= 4 is 74.6 Å². The van der Waals surface area contributed by atoms with Crippen LogP contribution in [0.3, 0.4) is 0 Å². The third-order valence-corrected chi connectivity index (χ3v) is 4.60. The first-order chi connectivity index (χ1) is 11.8. The van der Waals surface area contributed by atoms with Gasteiger partial charge in [-0.3, -0.25) is 0 Å². The molecule has 0 atom stereocenters. The summed E-state index contributed by atoms with van der Waals surface area (Å²) < 4.78 is 0. The summed E-state index contributed by atoms with van der Waals surface area (Å²) in [4.78, 5) is 12.3. The lowest BCUT2D eigenvalue weighted by Gasteiger charge is -2.14. The molecule has 128 valence electrons. The van der Waals surface area contributed by atoms with Gasteiger partial charge in [0.05, 0.1) is 26.4 Å². The van der Waals surface area contributed by atoms with E-state index in [0.29, 0.717) is 37.2 Å². The number of anilines is 2. The second-order valence-electron chi connectivity index (χ2n) is 5.15. The first-order valence-electron chi connectivity index (χ1n) is 6.99. The Bertz CT molecular complexity index is 992. The number of aromatic hydroxyl groups is 1. The highest BCUT2D eigenvalue weighted by molar-refractivity contribution is 6.41. The molecule has 0 radical (unpaired) electrons. The third-order valence-electron chi connectivity index (χ3n) is 3.44. The van der Waals surface area contributed by atoms with E-state index in [1.807, 2.05) is 0 Å². The quantitative estimate of drug-likeness (QED) is 0.430. The highest BCUT2D eigenvalue weighted by atomic mass is 35.5. The van der Waals surface area contributed by atoms with Crippen LogP contribution in [0.25, 0.3) is 10.8 Å². The van der Waals surface area contributed by atoms with E-state index in [2.05, 4.69) is 10.6 Å². The number of rotatable bonds is 2. The molecule has 3 rings (SSSR count). The molecule has 3 aromatic rings. The van der Waals surface area contributed by atoms with Gasteiger partial charge in [-0.15, -0.1) is 0 Å². The molecule has 4 nitrogen and oxygen atoms in total. The van der Waals surface area contributed by atoms with Gasteiger partial charge in [0.1, 0.15) is 5.75 Å². The van der Waals surface area contributed by atoms with E-state index in [-0.39, 0.29) is 10.8 Å². The molecule has 0 aliphatic carbocycles. The van der Waals surface area contributed by atoms with Gasteiger partial charge in [-0.2, -0.15) is 0 Å². The molecule has 3 N–H and O–H groups in total. The zero-order chi connectivity index (χ0) is 18.1. The number of nitrogens with one attached hydrogen (secondary N) is 2. The van der Waals surface area contributed by atoms with Gasteiger partial charge in [-0.1, -0.05) is 46.4 Å². The number of hydrogen-bond donors (Lipinski definition) is 3. The Balaban J connectivity index is 1.94. The minimum Gasteiger partial charge on any atom is -0.508 e. The molecule has 3 aromatic carbocycles.